The first-order chi connectivity index (χ1) is 13.6. The van der Waals surface area contributed by atoms with E-state index in [1.807, 2.05) is 36.1 Å². The van der Waals surface area contributed by atoms with Gasteiger partial charge in [0.1, 0.15) is 0 Å². The van der Waals surface area contributed by atoms with Crippen LogP contribution in [0.3, 0.4) is 0 Å². The highest BCUT2D eigenvalue weighted by Crippen LogP contribution is 2.14. The number of carbonyl (C=O) groups is 1. The lowest BCUT2D eigenvalue weighted by Crippen LogP contribution is -2.57. The van der Waals surface area contributed by atoms with Crippen molar-refractivity contribution in [2.45, 2.75) is 32.4 Å². The van der Waals surface area contributed by atoms with Gasteiger partial charge in [-0.2, -0.15) is 5.26 Å². The number of piperazine rings is 1. The van der Waals surface area contributed by atoms with Crippen molar-refractivity contribution in [1.29, 1.82) is 5.26 Å². The quantitative estimate of drug-likeness (QED) is 0.627. The molecule has 0 saturated carbocycles. The zero-order valence-electron chi connectivity index (χ0n) is 16.9. The molecule has 150 valence electrons. The smallest absolute Gasteiger partial charge is 0.239 e. The molecule has 2 aliphatic rings. The van der Waals surface area contributed by atoms with Gasteiger partial charge >= 0.3 is 0 Å². The molecular formula is C21H30N6O. The lowest BCUT2D eigenvalue weighted by atomic mass is 10.1. The number of nitrogens with zero attached hydrogens (tertiary/aromatic N) is 5. The summed E-state index contributed by atoms with van der Waals surface area (Å²) in [5, 5.41) is 12.4. The monoisotopic (exact) mass is 382 g/mol. The molecule has 0 spiro atoms. The molecule has 1 amide bonds. The summed E-state index contributed by atoms with van der Waals surface area (Å²) in [6, 6.07) is 9.72. The highest BCUT2D eigenvalue weighted by Gasteiger charge is 2.30. The molecule has 7 nitrogen and oxygen atoms in total. The summed E-state index contributed by atoms with van der Waals surface area (Å²) in [6.07, 6.45) is 2.26. The van der Waals surface area contributed by atoms with Crippen molar-refractivity contribution in [2.24, 2.45) is 4.99 Å². The number of guanidine groups is 1. The fourth-order valence-corrected chi connectivity index (χ4v) is 3.94. The molecule has 2 fully saturated rings. The van der Waals surface area contributed by atoms with Crippen LogP contribution in [-0.2, 0) is 11.3 Å². The van der Waals surface area contributed by atoms with E-state index >= 15 is 0 Å². The van der Waals surface area contributed by atoms with Gasteiger partial charge in [-0.25, -0.2) is 0 Å². The van der Waals surface area contributed by atoms with E-state index in [2.05, 4.69) is 26.2 Å². The van der Waals surface area contributed by atoms with Crippen LogP contribution in [0.15, 0.2) is 29.3 Å². The topological polar surface area (TPSA) is 75.0 Å². The van der Waals surface area contributed by atoms with Gasteiger partial charge in [0.2, 0.25) is 5.91 Å². The van der Waals surface area contributed by atoms with E-state index in [1.54, 1.807) is 7.05 Å². The normalized spacial score (nSPS) is 19.4. The molecule has 28 heavy (non-hydrogen) atoms. The number of amides is 1. The van der Waals surface area contributed by atoms with Crippen LogP contribution >= 0.6 is 0 Å². The van der Waals surface area contributed by atoms with Crippen molar-refractivity contribution in [2.75, 3.05) is 46.3 Å². The molecule has 3 rings (SSSR count). The molecule has 1 aromatic carbocycles. The van der Waals surface area contributed by atoms with Crippen molar-refractivity contribution in [3.63, 3.8) is 0 Å². The molecule has 0 aliphatic carbocycles. The van der Waals surface area contributed by atoms with E-state index in [0.717, 1.165) is 63.6 Å². The number of hydrogen-bond donors (Lipinski definition) is 1. The van der Waals surface area contributed by atoms with Crippen molar-refractivity contribution >= 4 is 11.9 Å². The minimum absolute atomic E-state index is 0.0519. The summed E-state index contributed by atoms with van der Waals surface area (Å²) >= 11 is 0. The first-order valence-electron chi connectivity index (χ1n) is 10.1. The van der Waals surface area contributed by atoms with Crippen LogP contribution in [0.2, 0.25) is 0 Å². The number of benzene rings is 1. The molecule has 0 aromatic heterocycles. The summed E-state index contributed by atoms with van der Waals surface area (Å²) in [5.74, 6) is 1.13. The fraction of sp³-hybridized carbons (Fsp3) is 0.571. The van der Waals surface area contributed by atoms with Crippen molar-refractivity contribution in [3.8, 4) is 6.07 Å². The second kappa shape index (κ2) is 9.56. The van der Waals surface area contributed by atoms with Crippen LogP contribution in [0.1, 0.15) is 30.9 Å². The predicted octanol–water partition coefficient (Wildman–Crippen LogP) is 1.26. The molecule has 1 N–H and O–H groups in total. The van der Waals surface area contributed by atoms with Gasteiger partial charge in [-0.3, -0.25) is 14.7 Å². The van der Waals surface area contributed by atoms with Gasteiger partial charge < -0.3 is 15.1 Å². The van der Waals surface area contributed by atoms with Crippen molar-refractivity contribution < 1.29 is 4.79 Å². The largest absolute Gasteiger partial charge is 0.352 e. The minimum atomic E-state index is -0.0519. The number of aliphatic imine (C=N–C) groups is 1. The molecular weight excluding hydrogens is 352 g/mol. The number of nitriles is 1. The van der Waals surface area contributed by atoms with Gasteiger partial charge in [-0.1, -0.05) is 12.1 Å². The zero-order chi connectivity index (χ0) is 19.9. The molecule has 1 unspecified atom stereocenters. The van der Waals surface area contributed by atoms with Gasteiger partial charge in [0.15, 0.2) is 5.96 Å². The minimum Gasteiger partial charge on any atom is -0.352 e. The average Bonchev–Trinajstić information content (AvgIpc) is 3.28. The molecule has 0 radical (unpaired) electrons. The summed E-state index contributed by atoms with van der Waals surface area (Å²) in [4.78, 5) is 23.6. The fourth-order valence-electron chi connectivity index (χ4n) is 3.94. The van der Waals surface area contributed by atoms with Crippen LogP contribution in [-0.4, -0.2) is 78.9 Å². The second-order valence-electron chi connectivity index (χ2n) is 7.44. The first-order valence-corrected chi connectivity index (χ1v) is 10.1. The lowest BCUT2D eigenvalue weighted by molar-refractivity contribution is -0.135. The number of carbonyl (C=O) groups excluding carboxylic acids is 1. The van der Waals surface area contributed by atoms with Gasteiger partial charge in [0, 0.05) is 52.9 Å². The van der Waals surface area contributed by atoms with Crippen LogP contribution in [0.25, 0.3) is 0 Å². The van der Waals surface area contributed by atoms with Gasteiger partial charge in [0.25, 0.3) is 0 Å². The van der Waals surface area contributed by atoms with E-state index in [0.29, 0.717) is 12.1 Å². The van der Waals surface area contributed by atoms with Gasteiger partial charge in [-0.05, 0) is 37.5 Å². The third kappa shape index (κ3) is 4.82. The Bertz CT molecular complexity index is 742. The maximum atomic E-state index is 12.6. The van der Waals surface area contributed by atoms with Gasteiger partial charge in [-0.15, -0.1) is 0 Å². The van der Waals surface area contributed by atoms with E-state index in [1.165, 1.54) is 0 Å². The Morgan fingerprint density at radius 1 is 1.18 bits per heavy atom. The van der Waals surface area contributed by atoms with E-state index in [4.69, 9.17) is 5.26 Å². The summed E-state index contributed by atoms with van der Waals surface area (Å²) in [6.45, 7) is 7.87. The van der Waals surface area contributed by atoms with Crippen molar-refractivity contribution in [3.05, 3.63) is 35.4 Å². The van der Waals surface area contributed by atoms with E-state index in [-0.39, 0.29) is 11.9 Å². The zero-order valence-corrected chi connectivity index (χ0v) is 16.9. The summed E-state index contributed by atoms with van der Waals surface area (Å²) in [5.41, 5.74) is 1.73. The molecule has 2 aliphatic heterocycles. The van der Waals surface area contributed by atoms with Gasteiger partial charge in [0.05, 0.1) is 17.7 Å². The number of rotatable bonds is 4. The molecule has 1 atom stereocenters. The average molecular weight is 383 g/mol. The highest BCUT2D eigenvalue weighted by atomic mass is 16.2. The van der Waals surface area contributed by atoms with Crippen LogP contribution in [0.4, 0.5) is 0 Å². The molecule has 0 bridgehead atoms. The Hall–Kier alpha value is -2.59. The van der Waals surface area contributed by atoms with E-state index < -0.39 is 0 Å². The second-order valence-corrected chi connectivity index (χ2v) is 7.44. The number of likely N-dealkylation sites (tertiary alicyclic amines) is 1. The van der Waals surface area contributed by atoms with Crippen molar-refractivity contribution in [1.82, 2.24) is 20.0 Å². The van der Waals surface area contributed by atoms with Crippen LogP contribution in [0.5, 0.6) is 0 Å². The Balaban J connectivity index is 1.49. The third-order valence-corrected chi connectivity index (χ3v) is 5.66. The molecule has 1 aromatic rings. The Morgan fingerprint density at radius 3 is 2.54 bits per heavy atom. The molecule has 2 heterocycles. The molecule has 7 heteroatoms. The Kier molecular flexibility index (Phi) is 6.88. The summed E-state index contributed by atoms with van der Waals surface area (Å²) in [7, 11) is 1.79. The van der Waals surface area contributed by atoms with E-state index in [9.17, 15) is 4.79 Å². The number of hydrogen-bond acceptors (Lipinski definition) is 4. The Labute approximate surface area is 167 Å². The maximum absolute atomic E-state index is 12.6. The lowest BCUT2D eigenvalue weighted by Gasteiger charge is -2.39. The first kappa shape index (κ1) is 20.2. The Morgan fingerprint density at radius 2 is 1.89 bits per heavy atom. The SMILES string of the molecule is CN=C(NCc1cccc(C#N)c1)N1CCN(C(C)C(=O)N2CCCC2)CC1. The highest BCUT2D eigenvalue weighted by molar-refractivity contribution is 5.82. The van der Waals surface area contributed by atoms with Crippen LogP contribution < -0.4 is 5.32 Å². The summed E-state index contributed by atoms with van der Waals surface area (Å²) < 4.78 is 0. The maximum Gasteiger partial charge on any atom is 0.239 e. The number of nitrogens with one attached hydrogen (secondary N) is 1. The van der Waals surface area contributed by atoms with Crippen LogP contribution in [0, 0.1) is 11.3 Å². The predicted molar refractivity (Wildman–Crippen MR) is 110 cm³/mol. The molecule has 2 saturated heterocycles. The standard InChI is InChI=1S/C21H30N6O/c1-17(20(28)26-8-3-4-9-26)25-10-12-27(13-11-25)21(23-2)24-16-19-7-5-6-18(14-19)15-22/h5-7,14,17H,3-4,8-13,16H2,1-2H3,(H,23,24). The third-order valence-electron chi connectivity index (χ3n) is 5.66.